The molecule has 0 heterocycles. The van der Waals surface area contributed by atoms with E-state index in [4.69, 9.17) is 9.47 Å². The fourth-order valence-electron chi connectivity index (χ4n) is 3.70. The van der Waals surface area contributed by atoms with Crippen LogP contribution in [0.15, 0.2) is 0 Å². The molecule has 0 radical (unpaired) electrons. The molecule has 0 bridgehead atoms. The predicted octanol–water partition coefficient (Wildman–Crippen LogP) is 8.30. The fourth-order valence-corrected chi connectivity index (χ4v) is 3.70. The summed E-state index contributed by atoms with van der Waals surface area (Å²) < 4.78 is 10.6. The summed E-state index contributed by atoms with van der Waals surface area (Å²) in [7, 11) is 0. The van der Waals surface area contributed by atoms with Gasteiger partial charge in [0.15, 0.2) is 0 Å². The number of esters is 2. The van der Waals surface area contributed by atoms with E-state index in [2.05, 4.69) is 13.8 Å². The molecule has 0 N–H and O–H groups in total. The Kier molecular flexibility index (Phi) is 24.3. The second-order valence-corrected chi connectivity index (χ2v) is 8.95. The van der Waals surface area contributed by atoms with Gasteiger partial charge >= 0.3 is 11.9 Å². The third-order valence-electron chi connectivity index (χ3n) is 5.78. The number of rotatable bonds is 24. The van der Waals surface area contributed by atoms with Gasteiger partial charge in [-0.05, 0) is 25.7 Å². The average molecular weight is 441 g/mol. The first-order valence-electron chi connectivity index (χ1n) is 13.5. The lowest BCUT2D eigenvalue weighted by atomic mass is 10.1. The summed E-state index contributed by atoms with van der Waals surface area (Å²) in [6.45, 7) is 5.55. The quantitative estimate of drug-likeness (QED) is 0.112. The van der Waals surface area contributed by atoms with Crippen molar-refractivity contribution in [2.24, 2.45) is 0 Å². The minimum Gasteiger partial charge on any atom is -0.466 e. The first-order valence-corrected chi connectivity index (χ1v) is 13.5. The summed E-state index contributed by atoms with van der Waals surface area (Å²) in [5, 5.41) is 0. The summed E-state index contributed by atoms with van der Waals surface area (Å²) in [6.07, 6.45) is 23.5. The molecular weight excluding hydrogens is 388 g/mol. The van der Waals surface area contributed by atoms with Gasteiger partial charge in [0.25, 0.3) is 0 Å². The highest BCUT2D eigenvalue weighted by atomic mass is 16.5. The summed E-state index contributed by atoms with van der Waals surface area (Å²) >= 11 is 0. The zero-order valence-electron chi connectivity index (χ0n) is 20.9. The van der Waals surface area contributed by atoms with E-state index in [1.807, 2.05) is 0 Å². The van der Waals surface area contributed by atoms with Crippen LogP contribution in [-0.2, 0) is 19.1 Å². The van der Waals surface area contributed by atoms with E-state index in [1.165, 1.54) is 83.5 Å². The molecule has 184 valence electrons. The van der Waals surface area contributed by atoms with Crippen LogP contribution in [0, 0.1) is 0 Å². The molecule has 4 heteroatoms. The van der Waals surface area contributed by atoms with Gasteiger partial charge in [-0.3, -0.25) is 9.59 Å². The maximum absolute atomic E-state index is 11.7. The highest BCUT2D eigenvalue weighted by molar-refractivity contribution is 5.70. The maximum Gasteiger partial charge on any atom is 0.305 e. The molecule has 0 unspecified atom stereocenters. The molecule has 0 aromatic carbocycles. The monoisotopic (exact) mass is 440 g/mol. The van der Waals surface area contributed by atoms with Crippen LogP contribution in [0.3, 0.4) is 0 Å². The van der Waals surface area contributed by atoms with Gasteiger partial charge in [-0.25, -0.2) is 0 Å². The Labute approximate surface area is 193 Å². The van der Waals surface area contributed by atoms with Gasteiger partial charge in [-0.2, -0.15) is 0 Å². The third kappa shape index (κ3) is 25.1. The van der Waals surface area contributed by atoms with E-state index in [0.29, 0.717) is 38.9 Å². The molecule has 0 saturated heterocycles. The van der Waals surface area contributed by atoms with Crippen LogP contribution in [0.2, 0.25) is 0 Å². The summed E-state index contributed by atoms with van der Waals surface area (Å²) in [5.41, 5.74) is 0. The van der Waals surface area contributed by atoms with Crippen molar-refractivity contribution < 1.29 is 19.1 Å². The van der Waals surface area contributed by atoms with E-state index >= 15 is 0 Å². The highest BCUT2D eigenvalue weighted by Gasteiger charge is 2.06. The Bertz CT molecular complexity index is 395. The van der Waals surface area contributed by atoms with Gasteiger partial charge in [-0.15, -0.1) is 0 Å². The van der Waals surface area contributed by atoms with Crippen LogP contribution in [0.1, 0.15) is 149 Å². The predicted molar refractivity (Wildman–Crippen MR) is 130 cm³/mol. The van der Waals surface area contributed by atoms with Crippen molar-refractivity contribution in [2.75, 3.05) is 13.2 Å². The van der Waals surface area contributed by atoms with Crippen molar-refractivity contribution in [3.05, 3.63) is 0 Å². The molecule has 0 aromatic heterocycles. The SMILES string of the molecule is CCCCCCCCCCCCOC(=O)CCCCC(=O)OCCCCCCCCC. The summed E-state index contributed by atoms with van der Waals surface area (Å²) in [5.74, 6) is -0.267. The lowest BCUT2D eigenvalue weighted by Crippen LogP contribution is -2.08. The first kappa shape index (κ1) is 29.9. The van der Waals surface area contributed by atoms with Crippen LogP contribution in [0.5, 0.6) is 0 Å². The number of unbranched alkanes of at least 4 members (excludes halogenated alkanes) is 16. The molecule has 4 nitrogen and oxygen atoms in total. The second kappa shape index (κ2) is 25.2. The molecule has 0 aromatic rings. The minimum atomic E-state index is -0.135. The molecule has 0 amide bonds. The van der Waals surface area contributed by atoms with Crippen molar-refractivity contribution >= 4 is 11.9 Å². The van der Waals surface area contributed by atoms with E-state index in [-0.39, 0.29) is 11.9 Å². The molecule has 0 aliphatic rings. The molecule has 0 fully saturated rings. The van der Waals surface area contributed by atoms with Gasteiger partial charge < -0.3 is 9.47 Å². The fraction of sp³-hybridized carbons (Fsp3) is 0.926. The minimum absolute atomic E-state index is 0.132. The highest BCUT2D eigenvalue weighted by Crippen LogP contribution is 2.11. The van der Waals surface area contributed by atoms with Gasteiger partial charge in [0.05, 0.1) is 13.2 Å². The largest absolute Gasteiger partial charge is 0.466 e. The van der Waals surface area contributed by atoms with Gasteiger partial charge in [0.2, 0.25) is 0 Å². The Morgan fingerprint density at radius 1 is 0.419 bits per heavy atom. The van der Waals surface area contributed by atoms with E-state index in [9.17, 15) is 9.59 Å². The van der Waals surface area contributed by atoms with Crippen molar-refractivity contribution in [1.82, 2.24) is 0 Å². The number of ether oxygens (including phenoxy) is 2. The van der Waals surface area contributed by atoms with Crippen LogP contribution in [0.25, 0.3) is 0 Å². The molecular formula is C27H52O4. The second-order valence-electron chi connectivity index (χ2n) is 8.95. The Morgan fingerprint density at radius 3 is 1.03 bits per heavy atom. The van der Waals surface area contributed by atoms with Crippen molar-refractivity contribution in [1.29, 1.82) is 0 Å². The normalized spacial score (nSPS) is 10.9. The summed E-state index contributed by atoms with van der Waals surface area (Å²) in [6, 6.07) is 0. The van der Waals surface area contributed by atoms with Crippen molar-refractivity contribution in [3.63, 3.8) is 0 Å². The molecule has 0 rings (SSSR count). The zero-order valence-corrected chi connectivity index (χ0v) is 20.9. The van der Waals surface area contributed by atoms with Gasteiger partial charge in [0.1, 0.15) is 0 Å². The van der Waals surface area contributed by atoms with Crippen LogP contribution < -0.4 is 0 Å². The Balaban J connectivity index is 3.29. The molecule has 0 saturated carbocycles. The number of hydrogen-bond acceptors (Lipinski definition) is 4. The van der Waals surface area contributed by atoms with Crippen molar-refractivity contribution in [3.8, 4) is 0 Å². The standard InChI is InChI=1S/C27H52O4/c1-3-5-7-9-11-12-13-15-17-21-25-31-27(29)23-19-18-22-26(28)30-24-20-16-14-10-8-6-4-2/h3-25H2,1-2H3. The van der Waals surface area contributed by atoms with Gasteiger partial charge in [-0.1, -0.05) is 110 Å². The molecule has 0 aliphatic heterocycles. The van der Waals surface area contributed by atoms with E-state index < -0.39 is 0 Å². The Morgan fingerprint density at radius 2 is 0.710 bits per heavy atom. The first-order chi connectivity index (χ1) is 15.2. The molecule has 0 spiro atoms. The van der Waals surface area contributed by atoms with Gasteiger partial charge in [0, 0.05) is 12.8 Å². The number of carbonyl (C=O) groups is 2. The lowest BCUT2D eigenvalue weighted by molar-refractivity contribution is -0.146. The summed E-state index contributed by atoms with van der Waals surface area (Å²) in [4.78, 5) is 23.5. The lowest BCUT2D eigenvalue weighted by Gasteiger charge is -2.06. The van der Waals surface area contributed by atoms with E-state index in [1.54, 1.807) is 0 Å². The molecule has 0 atom stereocenters. The topological polar surface area (TPSA) is 52.6 Å². The molecule has 31 heavy (non-hydrogen) atoms. The van der Waals surface area contributed by atoms with Crippen LogP contribution in [-0.4, -0.2) is 25.2 Å². The van der Waals surface area contributed by atoms with E-state index in [0.717, 1.165) is 25.7 Å². The number of hydrogen-bond donors (Lipinski definition) is 0. The zero-order chi connectivity index (χ0) is 22.8. The third-order valence-corrected chi connectivity index (χ3v) is 5.78. The maximum atomic E-state index is 11.7. The number of carbonyl (C=O) groups excluding carboxylic acids is 2. The van der Waals surface area contributed by atoms with Crippen molar-refractivity contribution in [2.45, 2.75) is 149 Å². The van der Waals surface area contributed by atoms with Crippen LogP contribution in [0.4, 0.5) is 0 Å². The molecule has 0 aliphatic carbocycles. The van der Waals surface area contributed by atoms with Crippen LogP contribution >= 0.6 is 0 Å². The average Bonchev–Trinajstić information content (AvgIpc) is 2.77. The Hall–Kier alpha value is -1.06. The smallest absolute Gasteiger partial charge is 0.305 e.